The van der Waals surface area contributed by atoms with Crippen molar-refractivity contribution in [2.24, 2.45) is 0 Å². The summed E-state index contributed by atoms with van der Waals surface area (Å²) in [6.07, 6.45) is 3.51. The van der Waals surface area contributed by atoms with E-state index in [0.717, 1.165) is 22.2 Å². The van der Waals surface area contributed by atoms with Gasteiger partial charge >= 0.3 is 0 Å². The predicted octanol–water partition coefficient (Wildman–Crippen LogP) is 3.92. The van der Waals surface area contributed by atoms with E-state index >= 15 is 0 Å². The molecular formula is C18H10ClFN6. The average molecular weight is 365 g/mol. The van der Waals surface area contributed by atoms with Crippen LogP contribution in [0, 0.1) is 5.82 Å². The minimum absolute atomic E-state index is 0.292. The van der Waals surface area contributed by atoms with Gasteiger partial charge in [-0.1, -0.05) is 23.7 Å². The third kappa shape index (κ3) is 2.25. The Morgan fingerprint density at radius 2 is 1.69 bits per heavy atom. The Morgan fingerprint density at radius 3 is 2.46 bits per heavy atom. The Bertz CT molecular complexity index is 1240. The second-order valence-electron chi connectivity index (χ2n) is 5.79. The number of nitrogens with zero attached hydrogens (tertiary/aromatic N) is 6. The fraction of sp³-hybridized carbons (Fsp3) is 0. The number of rotatable bonds is 2. The molecule has 5 aromatic rings. The zero-order chi connectivity index (χ0) is 17.7. The fourth-order valence-electron chi connectivity index (χ4n) is 3.04. The monoisotopic (exact) mass is 364 g/mol. The minimum atomic E-state index is -0.292. The zero-order valence-corrected chi connectivity index (χ0v) is 14.0. The topological polar surface area (TPSA) is 60.9 Å². The van der Waals surface area contributed by atoms with Crippen LogP contribution in [0.2, 0.25) is 5.02 Å². The number of tetrazole rings is 1. The molecule has 0 spiro atoms. The molecule has 0 N–H and O–H groups in total. The molecule has 0 saturated heterocycles. The van der Waals surface area contributed by atoms with Crippen LogP contribution in [0.3, 0.4) is 0 Å². The van der Waals surface area contributed by atoms with Gasteiger partial charge in [-0.2, -0.15) is 4.52 Å². The van der Waals surface area contributed by atoms with Crippen molar-refractivity contribution in [2.75, 3.05) is 0 Å². The molecule has 26 heavy (non-hydrogen) atoms. The van der Waals surface area contributed by atoms with Gasteiger partial charge < -0.3 is 4.57 Å². The van der Waals surface area contributed by atoms with Crippen molar-refractivity contribution >= 4 is 28.3 Å². The molecule has 0 unspecified atom stereocenters. The lowest BCUT2D eigenvalue weighted by Crippen LogP contribution is -1.96. The molecule has 0 saturated carbocycles. The van der Waals surface area contributed by atoms with Gasteiger partial charge in [0.05, 0.1) is 5.39 Å². The number of benzene rings is 2. The van der Waals surface area contributed by atoms with Crippen molar-refractivity contribution < 1.29 is 4.39 Å². The maximum absolute atomic E-state index is 13.3. The standard InChI is InChI=1S/C18H10ClFN6/c19-12-3-1-11(2-4-12)15-9-25(14-7-5-13(20)6-8-14)17-16(15)18-22-23-24-26(18)10-21-17/h1-10H. The summed E-state index contributed by atoms with van der Waals surface area (Å²) in [5, 5.41) is 13.3. The van der Waals surface area contributed by atoms with Crippen molar-refractivity contribution in [1.29, 1.82) is 0 Å². The third-order valence-corrected chi connectivity index (χ3v) is 4.50. The highest BCUT2D eigenvalue weighted by Crippen LogP contribution is 2.34. The van der Waals surface area contributed by atoms with E-state index in [1.165, 1.54) is 16.6 Å². The van der Waals surface area contributed by atoms with Crippen LogP contribution < -0.4 is 0 Å². The van der Waals surface area contributed by atoms with Crippen molar-refractivity contribution in [2.45, 2.75) is 0 Å². The van der Waals surface area contributed by atoms with Crippen LogP contribution in [-0.2, 0) is 0 Å². The normalized spacial score (nSPS) is 11.5. The smallest absolute Gasteiger partial charge is 0.192 e. The summed E-state index contributed by atoms with van der Waals surface area (Å²) < 4.78 is 16.7. The fourth-order valence-corrected chi connectivity index (χ4v) is 3.16. The van der Waals surface area contributed by atoms with Gasteiger partial charge in [-0.15, -0.1) is 5.10 Å². The van der Waals surface area contributed by atoms with Crippen molar-refractivity contribution in [3.8, 4) is 16.8 Å². The first-order chi connectivity index (χ1) is 12.7. The van der Waals surface area contributed by atoms with Gasteiger partial charge in [0, 0.05) is 22.5 Å². The van der Waals surface area contributed by atoms with Gasteiger partial charge in [0.1, 0.15) is 12.1 Å². The number of hydrogen-bond acceptors (Lipinski definition) is 4. The number of hydrogen-bond donors (Lipinski definition) is 0. The van der Waals surface area contributed by atoms with Gasteiger partial charge in [0.25, 0.3) is 0 Å². The summed E-state index contributed by atoms with van der Waals surface area (Å²) >= 11 is 6.02. The Labute approximate surface area is 151 Å². The number of halogens is 2. The average Bonchev–Trinajstić information content (AvgIpc) is 3.27. The first kappa shape index (κ1) is 15.0. The van der Waals surface area contributed by atoms with Crippen LogP contribution in [0.4, 0.5) is 4.39 Å². The number of aromatic nitrogens is 6. The lowest BCUT2D eigenvalue weighted by molar-refractivity contribution is 0.627. The molecule has 6 nitrogen and oxygen atoms in total. The van der Waals surface area contributed by atoms with Gasteiger partial charge in [-0.3, -0.25) is 0 Å². The quantitative estimate of drug-likeness (QED) is 0.476. The lowest BCUT2D eigenvalue weighted by atomic mass is 10.1. The van der Waals surface area contributed by atoms with Crippen molar-refractivity contribution in [1.82, 2.24) is 29.6 Å². The molecule has 0 aliphatic carbocycles. The van der Waals surface area contributed by atoms with E-state index in [4.69, 9.17) is 11.6 Å². The molecule has 5 rings (SSSR count). The zero-order valence-electron chi connectivity index (χ0n) is 13.2. The van der Waals surface area contributed by atoms with E-state index in [2.05, 4.69) is 20.5 Å². The second-order valence-corrected chi connectivity index (χ2v) is 6.22. The Morgan fingerprint density at radius 1 is 0.923 bits per heavy atom. The lowest BCUT2D eigenvalue weighted by Gasteiger charge is -2.04. The highest BCUT2D eigenvalue weighted by Gasteiger charge is 2.18. The molecule has 0 amide bonds. The highest BCUT2D eigenvalue weighted by atomic mass is 35.5. The van der Waals surface area contributed by atoms with Crippen LogP contribution >= 0.6 is 11.6 Å². The molecule has 0 aliphatic heterocycles. The Balaban J connectivity index is 1.87. The molecule has 0 radical (unpaired) electrons. The van der Waals surface area contributed by atoms with Crippen LogP contribution in [0.15, 0.2) is 61.1 Å². The summed E-state index contributed by atoms with van der Waals surface area (Å²) in [6, 6.07) is 13.8. The molecule has 2 aromatic carbocycles. The highest BCUT2D eigenvalue weighted by molar-refractivity contribution is 6.30. The van der Waals surface area contributed by atoms with Crippen LogP contribution in [0.1, 0.15) is 0 Å². The van der Waals surface area contributed by atoms with E-state index in [1.807, 2.05) is 35.0 Å². The van der Waals surface area contributed by atoms with Crippen molar-refractivity contribution in [3.05, 3.63) is 71.9 Å². The van der Waals surface area contributed by atoms with Crippen LogP contribution in [-0.4, -0.2) is 29.6 Å². The first-order valence-electron chi connectivity index (χ1n) is 7.80. The van der Waals surface area contributed by atoms with E-state index in [-0.39, 0.29) is 5.82 Å². The molecule has 8 heteroatoms. The predicted molar refractivity (Wildman–Crippen MR) is 95.8 cm³/mol. The minimum Gasteiger partial charge on any atom is -0.301 e. The van der Waals surface area contributed by atoms with Gasteiger partial charge in [0.15, 0.2) is 11.3 Å². The SMILES string of the molecule is Fc1ccc(-n2cc(-c3ccc(Cl)cc3)c3c2ncn2nnnc32)cc1. The summed E-state index contributed by atoms with van der Waals surface area (Å²) in [6.45, 7) is 0. The Hall–Kier alpha value is -3.32. The van der Waals surface area contributed by atoms with E-state index in [1.54, 1.807) is 18.5 Å². The van der Waals surface area contributed by atoms with E-state index < -0.39 is 0 Å². The Kier molecular flexibility index (Phi) is 3.23. The molecule has 3 heterocycles. The largest absolute Gasteiger partial charge is 0.301 e. The van der Waals surface area contributed by atoms with Gasteiger partial charge in [0.2, 0.25) is 0 Å². The maximum atomic E-state index is 13.3. The van der Waals surface area contributed by atoms with Gasteiger partial charge in [-0.05, 0) is 52.4 Å². The molecular weight excluding hydrogens is 355 g/mol. The molecule has 0 fully saturated rings. The maximum Gasteiger partial charge on any atom is 0.192 e. The summed E-state index contributed by atoms with van der Waals surface area (Å²) in [5.74, 6) is -0.292. The molecule has 0 bridgehead atoms. The molecule has 0 aliphatic rings. The molecule has 126 valence electrons. The summed E-state index contributed by atoms with van der Waals surface area (Å²) in [7, 11) is 0. The first-order valence-corrected chi connectivity index (χ1v) is 8.18. The van der Waals surface area contributed by atoms with Crippen LogP contribution in [0.5, 0.6) is 0 Å². The summed E-state index contributed by atoms with van der Waals surface area (Å²) in [4.78, 5) is 4.51. The van der Waals surface area contributed by atoms with E-state index in [0.29, 0.717) is 16.3 Å². The third-order valence-electron chi connectivity index (χ3n) is 4.25. The van der Waals surface area contributed by atoms with Gasteiger partial charge in [-0.25, -0.2) is 9.37 Å². The molecule has 3 aromatic heterocycles. The summed E-state index contributed by atoms with van der Waals surface area (Å²) in [5.41, 5.74) is 3.94. The van der Waals surface area contributed by atoms with E-state index in [9.17, 15) is 4.39 Å². The van der Waals surface area contributed by atoms with Crippen LogP contribution in [0.25, 0.3) is 33.5 Å². The molecule has 0 atom stereocenters. The van der Waals surface area contributed by atoms with Crippen molar-refractivity contribution in [3.63, 3.8) is 0 Å². The number of fused-ring (bicyclic) bond motifs is 3. The second kappa shape index (κ2) is 5.60.